The molecule has 4 heterocycles. The van der Waals surface area contributed by atoms with Crippen molar-refractivity contribution in [3.63, 3.8) is 0 Å². The first-order valence-corrected chi connectivity index (χ1v) is 14.5. The van der Waals surface area contributed by atoms with Crippen LogP contribution in [-0.4, -0.2) is 15.0 Å². The molecule has 7 aromatic rings. The van der Waals surface area contributed by atoms with Crippen LogP contribution in [-0.2, 0) is 39.2 Å². The first-order valence-electron chi connectivity index (χ1n) is 19.0. The number of fused-ring (bicyclic) bond motifs is 3. The number of aryl methyl sites for hydroxylation is 3. The van der Waals surface area contributed by atoms with Crippen LogP contribution in [0, 0.1) is 24.4 Å². The summed E-state index contributed by atoms with van der Waals surface area (Å²) < 4.78 is 82.2. The minimum Gasteiger partial charge on any atom is -0.486 e. The first kappa shape index (κ1) is 23.0. The van der Waals surface area contributed by atoms with Gasteiger partial charge >= 0.3 is 0 Å². The number of benzene rings is 3. The van der Waals surface area contributed by atoms with Crippen LogP contribution in [0.5, 0.6) is 0 Å². The van der Waals surface area contributed by atoms with Crippen molar-refractivity contribution >= 4 is 22.1 Å². The van der Waals surface area contributed by atoms with E-state index < -0.39 is 31.4 Å². The Morgan fingerprint density at radius 1 is 0.804 bits per heavy atom. The van der Waals surface area contributed by atoms with E-state index in [0.717, 1.165) is 11.3 Å². The quantitative estimate of drug-likeness (QED) is 0.158. The third kappa shape index (κ3) is 8.03. The number of rotatable bonds is 6. The fourth-order valence-corrected chi connectivity index (χ4v) is 4.71. The zero-order valence-electron chi connectivity index (χ0n) is 34.6. The molecule has 0 bridgehead atoms. The van der Waals surface area contributed by atoms with Crippen LogP contribution in [0.15, 0.2) is 120 Å². The Balaban J connectivity index is 0.000000378. The Morgan fingerprint density at radius 2 is 1.63 bits per heavy atom. The van der Waals surface area contributed by atoms with Crippen molar-refractivity contribution in [2.45, 2.75) is 46.7 Å². The molecule has 0 fully saturated rings. The maximum absolute atomic E-state index is 8.82. The van der Waals surface area contributed by atoms with E-state index in [1.54, 1.807) is 63.4 Å². The average Bonchev–Trinajstić information content (AvgIpc) is 3.53. The molecule has 7 rings (SSSR count). The van der Waals surface area contributed by atoms with Crippen molar-refractivity contribution in [1.82, 2.24) is 15.0 Å². The Bertz CT molecular complexity index is 2360. The summed E-state index contributed by atoms with van der Waals surface area (Å²) in [6.07, 6.45) is -3.95. The molecule has 4 aromatic heterocycles. The Hall–Kier alpha value is -4.44. The average molecular weight is 789 g/mol. The number of hydrogen-bond donors (Lipinski definition) is 0. The van der Waals surface area contributed by atoms with Crippen LogP contribution < -0.4 is 0 Å². The molecule has 233 valence electrons. The SMILES string of the molecule is [2H]C([2H])([2H])c1cnc(-c2[c-]ccc3c2oc2nc(C([2H])([2H])C([2H])([2H])c4ccccc4)ccc23)cc1C([2H])([2H])C(C)(C)C.[Ir].[c-]1ccccc1-c1ccccn1. The molecule has 46 heavy (non-hydrogen) atoms. The zero-order chi connectivity index (χ0) is 39.1. The summed E-state index contributed by atoms with van der Waals surface area (Å²) in [6, 6.07) is 35.9. The first-order chi connectivity index (χ1) is 25.3. The Labute approximate surface area is 298 Å². The molecule has 3 aromatic carbocycles. The van der Waals surface area contributed by atoms with Crippen molar-refractivity contribution in [3.05, 3.63) is 150 Å². The maximum atomic E-state index is 8.82. The second kappa shape index (κ2) is 14.8. The van der Waals surface area contributed by atoms with Gasteiger partial charge in [0.15, 0.2) is 0 Å². The number of furan rings is 1. The molecule has 0 N–H and O–H groups in total. The Morgan fingerprint density at radius 3 is 2.37 bits per heavy atom. The van der Waals surface area contributed by atoms with E-state index in [9.17, 15) is 0 Å². The van der Waals surface area contributed by atoms with Gasteiger partial charge < -0.3 is 14.4 Å². The van der Waals surface area contributed by atoms with Gasteiger partial charge in [-0.2, -0.15) is 0 Å². The van der Waals surface area contributed by atoms with Crippen molar-refractivity contribution in [1.29, 1.82) is 0 Å². The monoisotopic (exact) mass is 789 g/mol. The van der Waals surface area contributed by atoms with Crippen molar-refractivity contribution in [3.8, 4) is 22.5 Å². The van der Waals surface area contributed by atoms with E-state index in [2.05, 4.69) is 27.1 Å². The predicted octanol–water partition coefficient (Wildman–Crippen LogP) is 10.1. The molecule has 1 radical (unpaired) electrons. The van der Waals surface area contributed by atoms with Crippen molar-refractivity contribution < 1.29 is 36.9 Å². The summed E-state index contributed by atoms with van der Waals surface area (Å²) in [4.78, 5) is 13.0. The van der Waals surface area contributed by atoms with E-state index in [1.165, 1.54) is 30.5 Å². The van der Waals surface area contributed by atoms with Crippen molar-refractivity contribution in [2.24, 2.45) is 5.41 Å². The normalized spacial score (nSPS) is 15.2. The molecule has 4 nitrogen and oxygen atoms in total. The zero-order valence-corrected chi connectivity index (χ0v) is 27.9. The molecule has 0 unspecified atom stereocenters. The second-order valence-electron chi connectivity index (χ2n) is 11.3. The Kier molecular flexibility index (Phi) is 7.37. The largest absolute Gasteiger partial charge is 0.486 e. The van der Waals surface area contributed by atoms with Gasteiger partial charge in [-0.3, -0.25) is 0 Å². The van der Waals surface area contributed by atoms with Crippen molar-refractivity contribution in [2.75, 3.05) is 0 Å². The molecule has 5 heteroatoms. The minimum absolute atomic E-state index is 0. The molecular weight excluding hydrogens is 743 g/mol. The molecule has 0 atom stereocenters. The smallest absolute Gasteiger partial charge is 0.216 e. The summed E-state index contributed by atoms with van der Waals surface area (Å²) in [5.74, 6) is 0. The van der Waals surface area contributed by atoms with Gasteiger partial charge in [0, 0.05) is 55.9 Å². The molecule has 0 aliphatic rings. The summed E-state index contributed by atoms with van der Waals surface area (Å²) in [5, 5.41) is 1.18. The van der Waals surface area contributed by atoms with Crippen LogP contribution in [0.25, 0.3) is 44.6 Å². The fraction of sp³-hybridized carbons (Fsp3) is 0.195. The van der Waals surface area contributed by atoms with Crippen LogP contribution in [0.1, 0.15) is 55.5 Å². The molecule has 0 aliphatic heterocycles. The van der Waals surface area contributed by atoms with Gasteiger partial charge in [0.1, 0.15) is 0 Å². The predicted molar refractivity (Wildman–Crippen MR) is 184 cm³/mol. The molecule has 0 amide bonds. The third-order valence-corrected chi connectivity index (χ3v) is 6.73. The van der Waals surface area contributed by atoms with Gasteiger partial charge in [-0.15, -0.1) is 54.1 Å². The molecule has 0 spiro atoms. The van der Waals surface area contributed by atoms with Crippen LogP contribution in [0.4, 0.5) is 0 Å². The maximum Gasteiger partial charge on any atom is 0.216 e. The van der Waals surface area contributed by atoms with Gasteiger partial charge in [0.2, 0.25) is 5.71 Å². The van der Waals surface area contributed by atoms with E-state index in [1.807, 2.05) is 42.5 Å². The third-order valence-electron chi connectivity index (χ3n) is 6.73. The van der Waals surface area contributed by atoms with Gasteiger partial charge in [-0.25, -0.2) is 4.98 Å². The number of hydrogen-bond acceptors (Lipinski definition) is 4. The van der Waals surface area contributed by atoms with E-state index in [-0.39, 0.29) is 53.9 Å². The van der Waals surface area contributed by atoms with Gasteiger partial charge in [-0.1, -0.05) is 85.8 Å². The van der Waals surface area contributed by atoms with E-state index in [0.29, 0.717) is 21.9 Å². The van der Waals surface area contributed by atoms with Crippen LogP contribution in [0.2, 0.25) is 0 Å². The van der Waals surface area contributed by atoms with Crippen LogP contribution >= 0.6 is 0 Å². The van der Waals surface area contributed by atoms with E-state index in [4.69, 9.17) is 16.8 Å². The number of pyridine rings is 3. The topological polar surface area (TPSA) is 51.8 Å². The van der Waals surface area contributed by atoms with Gasteiger partial charge in [0.05, 0.1) is 5.58 Å². The van der Waals surface area contributed by atoms with E-state index >= 15 is 0 Å². The van der Waals surface area contributed by atoms with Crippen LogP contribution in [0.3, 0.4) is 0 Å². The standard InChI is InChI=1S/C30H29N2O.C11H8N.Ir/c1-20-19-31-27(17-22(20)18-30(2,3)4)26-12-8-11-24-25-16-15-23(32-29(25)33-28(24)26)14-13-21-9-6-5-7-10-21;1-2-6-10(7-3-1)11-8-4-5-9-12-11;/h5-11,15-17,19H,13-14,18H2,1-4H3;1-6,8-9H;/q2*-1;/i1D3,13D2,14D2,18D2;;. The van der Waals surface area contributed by atoms with Gasteiger partial charge in [-0.05, 0) is 72.1 Å². The molecule has 0 aliphatic carbocycles. The molecule has 0 saturated carbocycles. The number of nitrogens with zero attached hydrogens (tertiary/aromatic N) is 3. The second-order valence-corrected chi connectivity index (χ2v) is 11.3. The molecule has 0 saturated heterocycles. The summed E-state index contributed by atoms with van der Waals surface area (Å²) in [6.45, 7) is 2.51. The fourth-order valence-electron chi connectivity index (χ4n) is 4.71. The summed E-state index contributed by atoms with van der Waals surface area (Å²) >= 11 is 0. The van der Waals surface area contributed by atoms with Gasteiger partial charge in [0.25, 0.3) is 0 Å². The molecular formula is C41H37IrN3O-2. The number of aromatic nitrogens is 3. The summed E-state index contributed by atoms with van der Waals surface area (Å²) in [5.41, 5.74) is 1.94. The summed E-state index contributed by atoms with van der Waals surface area (Å²) in [7, 11) is 0. The minimum atomic E-state index is -2.58.